The van der Waals surface area contributed by atoms with Gasteiger partial charge in [0.1, 0.15) is 11.6 Å². The predicted molar refractivity (Wildman–Crippen MR) is 65.6 cm³/mol. The number of hydrogen-bond donors (Lipinski definition) is 2. The summed E-state index contributed by atoms with van der Waals surface area (Å²) in [5, 5.41) is 9.50. The minimum Gasteiger partial charge on any atom is -0.493 e. The van der Waals surface area contributed by atoms with E-state index in [1.54, 1.807) is 6.92 Å². The average molecular weight is 255 g/mol. The zero-order valence-electron chi connectivity index (χ0n) is 10.4. The van der Waals surface area contributed by atoms with E-state index in [1.807, 2.05) is 0 Å². The van der Waals surface area contributed by atoms with Crippen molar-refractivity contribution in [1.82, 2.24) is 0 Å². The second-order valence-electron chi connectivity index (χ2n) is 4.13. The summed E-state index contributed by atoms with van der Waals surface area (Å²) in [6.07, 6.45) is 0.872. The monoisotopic (exact) mass is 255 g/mol. The standard InChI is InChI=1S/C13H18FNO3/c1-9(16)11-8-10(14)5-6-12(11)18-7-3-2-4-13(15)17/h5-6,8-9,16H,2-4,7H2,1H3,(H2,15,17). The molecule has 0 aliphatic heterocycles. The normalized spacial score (nSPS) is 12.2. The van der Waals surface area contributed by atoms with Gasteiger partial charge in [-0.1, -0.05) is 0 Å². The molecule has 0 bridgehead atoms. The first kappa shape index (κ1) is 14.4. The molecule has 1 unspecified atom stereocenters. The number of hydrogen-bond acceptors (Lipinski definition) is 3. The molecule has 0 saturated heterocycles. The Hall–Kier alpha value is -1.62. The molecule has 0 fully saturated rings. The molecule has 4 nitrogen and oxygen atoms in total. The molecular formula is C13H18FNO3. The van der Waals surface area contributed by atoms with E-state index in [4.69, 9.17) is 10.5 Å². The lowest BCUT2D eigenvalue weighted by atomic mass is 10.1. The van der Waals surface area contributed by atoms with Gasteiger partial charge in [-0.15, -0.1) is 0 Å². The number of benzene rings is 1. The largest absolute Gasteiger partial charge is 0.493 e. The molecule has 1 rings (SSSR count). The number of aliphatic hydroxyl groups is 1. The van der Waals surface area contributed by atoms with Crippen molar-refractivity contribution in [3.63, 3.8) is 0 Å². The van der Waals surface area contributed by atoms with Gasteiger partial charge in [0.15, 0.2) is 0 Å². The highest BCUT2D eigenvalue weighted by Crippen LogP contribution is 2.26. The molecule has 0 aliphatic carbocycles. The number of unbranched alkanes of at least 4 members (excludes halogenated alkanes) is 1. The Balaban J connectivity index is 2.49. The van der Waals surface area contributed by atoms with Crippen molar-refractivity contribution in [2.45, 2.75) is 32.3 Å². The highest BCUT2D eigenvalue weighted by atomic mass is 19.1. The Morgan fingerprint density at radius 1 is 1.50 bits per heavy atom. The molecule has 0 heterocycles. The van der Waals surface area contributed by atoms with Gasteiger partial charge in [0.2, 0.25) is 5.91 Å². The molecule has 1 aromatic carbocycles. The minimum absolute atomic E-state index is 0.329. The van der Waals surface area contributed by atoms with Gasteiger partial charge in [-0.25, -0.2) is 4.39 Å². The molecule has 0 aromatic heterocycles. The highest BCUT2D eigenvalue weighted by Gasteiger charge is 2.10. The first-order valence-corrected chi connectivity index (χ1v) is 5.89. The zero-order chi connectivity index (χ0) is 13.5. The van der Waals surface area contributed by atoms with Crippen molar-refractivity contribution < 1.29 is 19.0 Å². The SMILES string of the molecule is CC(O)c1cc(F)ccc1OCCCCC(N)=O. The van der Waals surface area contributed by atoms with Crippen molar-refractivity contribution in [2.24, 2.45) is 5.73 Å². The van der Waals surface area contributed by atoms with E-state index in [-0.39, 0.29) is 5.91 Å². The maximum atomic E-state index is 13.0. The topological polar surface area (TPSA) is 72.6 Å². The number of carbonyl (C=O) groups is 1. The average Bonchev–Trinajstić information content (AvgIpc) is 2.29. The van der Waals surface area contributed by atoms with Gasteiger partial charge in [0.25, 0.3) is 0 Å². The van der Waals surface area contributed by atoms with Crippen LogP contribution < -0.4 is 10.5 Å². The molecule has 1 amide bonds. The lowest BCUT2D eigenvalue weighted by Gasteiger charge is -2.13. The fourth-order valence-electron chi connectivity index (χ4n) is 1.56. The smallest absolute Gasteiger partial charge is 0.217 e. The maximum Gasteiger partial charge on any atom is 0.217 e. The molecule has 0 saturated carbocycles. The van der Waals surface area contributed by atoms with Crippen LogP contribution in [0, 0.1) is 5.82 Å². The van der Waals surface area contributed by atoms with Crippen molar-refractivity contribution in [3.8, 4) is 5.75 Å². The molecule has 0 aliphatic rings. The molecule has 18 heavy (non-hydrogen) atoms. The van der Waals surface area contributed by atoms with Crippen LogP contribution in [-0.2, 0) is 4.79 Å². The van der Waals surface area contributed by atoms with E-state index in [2.05, 4.69) is 0 Å². The maximum absolute atomic E-state index is 13.0. The number of carbonyl (C=O) groups excluding carboxylic acids is 1. The first-order chi connectivity index (χ1) is 8.50. The van der Waals surface area contributed by atoms with E-state index in [0.29, 0.717) is 37.2 Å². The minimum atomic E-state index is -0.790. The summed E-state index contributed by atoms with van der Waals surface area (Å²) >= 11 is 0. The van der Waals surface area contributed by atoms with Gasteiger partial charge in [0.05, 0.1) is 12.7 Å². The van der Waals surface area contributed by atoms with Gasteiger partial charge in [-0.3, -0.25) is 4.79 Å². The summed E-state index contributed by atoms with van der Waals surface area (Å²) in [5.74, 6) is -0.279. The van der Waals surface area contributed by atoms with Crippen LogP contribution in [0.3, 0.4) is 0 Å². The van der Waals surface area contributed by atoms with Crippen LogP contribution in [-0.4, -0.2) is 17.6 Å². The third kappa shape index (κ3) is 4.71. The van der Waals surface area contributed by atoms with E-state index >= 15 is 0 Å². The quantitative estimate of drug-likeness (QED) is 0.731. The summed E-state index contributed by atoms with van der Waals surface area (Å²) in [6.45, 7) is 1.95. The number of halogens is 1. The molecule has 5 heteroatoms. The van der Waals surface area contributed by atoms with Gasteiger partial charge in [-0.2, -0.15) is 0 Å². The summed E-state index contributed by atoms with van der Waals surface area (Å²) in [6, 6.07) is 4.03. The molecule has 100 valence electrons. The van der Waals surface area contributed by atoms with Crippen molar-refractivity contribution in [1.29, 1.82) is 0 Å². The second kappa shape index (κ2) is 6.96. The molecule has 0 radical (unpaired) electrons. The van der Waals surface area contributed by atoms with E-state index < -0.39 is 11.9 Å². The Labute approximate surface area is 106 Å². The molecule has 1 aromatic rings. The van der Waals surface area contributed by atoms with Crippen LogP contribution in [0.25, 0.3) is 0 Å². The van der Waals surface area contributed by atoms with Crippen LogP contribution >= 0.6 is 0 Å². The van der Waals surface area contributed by atoms with Crippen LogP contribution in [0.2, 0.25) is 0 Å². The van der Waals surface area contributed by atoms with Crippen LogP contribution in [0.15, 0.2) is 18.2 Å². The third-order valence-electron chi connectivity index (χ3n) is 2.50. The lowest BCUT2D eigenvalue weighted by Crippen LogP contribution is -2.10. The Bertz CT molecular complexity index is 407. The van der Waals surface area contributed by atoms with Crippen molar-refractivity contribution in [2.75, 3.05) is 6.61 Å². The first-order valence-electron chi connectivity index (χ1n) is 5.89. The van der Waals surface area contributed by atoms with E-state index in [0.717, 1.165) is 0 Å². The highest BCUT2D eigenvalue weighted by molar-refractivity contribution is 5.73. The van der Waals surface area contributed by atoms with Crippen LogP contribution in [0.5, 0.6) is 5.75 Å². The molecular weight excluding hydrogens is 237 g/mol. The van der Waals surface area contributed by atoms with Gasteiger partial charge < -0.3 is 15.6 Å². The Morgan fingerprint density at radius 3 is 2.83 bits per heavy atom. The van der Waals surface area contributed by atoms with Crippen LogP contribution in [0.4, 0.5) is 4.39 Å². The summed E-state index contributed by atoms with van der Waals surface area (Å²) in [7, 11) is 0. The molecule has 1 atom stereocenters. The zero-order valence-corrected chi connectivity index (χ0v) is 10.4. The predicted octanol–water partition coefficient (Wildman–Crippen LogP) is 1.91. The van der Waals surface area contributed by atoms with Gasteiger partial charge >= 0.3 is 0 Å². The van der Waals surface area contributed by atoms with Crippen molar-refractivity contribution >= 4 is 5.91 Å². The molecule has 3 N–H and O–H groups in total. The number of aliphatic hydroxyl groups excluding tert-OH is 1. The second-order valence-corrected chi connectivity index (χ2v) is 4.13. The fourth-order valence-corrected chi connectivity index (χ4v) is 1.56. The van der Waals surface area contributed by atoms with E-state index in [1.165, 1.54) is 18.2 Å². The summed E-state index contributed by atoms with van der Waals surface area (Å²) in [4.78, 5) is 10.5. The fraction of sp³-hybridized carbons (Fsp3) is 0.462. The number of amides is 1. The lowest BCUT2D eigenvalue weighted by molar-refractivity contribution is -0.118. The van der Waals surface area contributed by atoms with Crippen molar-refractivity contribution in [3.05, 3.63) is 29.6 Å². The number of primary amides is 1. The van der Waals surface area contributed by atoms with Crippen LogP contribution in [0.1, 0.15) is 37.9 Å². The molecule has 0 spiro atoms. The Morgan fingerprint density at radius 2 is 2.22 bits per heavy atom. The van der Waals surface area contributed by atoms with Gasteiger partial charge in [-0.05, 0) is 38.0 Å². The Kier molecular flexibility index (Phi) is 5.58. The number of ether oxygens (including phenoxy) is 1. The van der Waals surface area contributed by atoms with Gasteiger partial charge in [0, 0.05) is 12.0 Å². The number of rotatable bonds is 7. The summed E-state index contributed by atoms with van der Waals surface area (Å²) in [5.41, 5.74) is 5.43. The third-order valence-corrected chi connectivity index (χ3v) is 2.50. The summed E-state index contributed by atoms with van der Waals surface area (Å²) < 4.78 is 18.5. The van der Waals surface area contributed by atoms with E-state index in [9.17, 15) is 14.3 Å². The number of nitrogens with two attached hydrogens (primary N) is 1.